The SMILES string of the molecule is Cc1cc2n(n1)CCC(=O)N2Cc1ccc(C(=O)Nc2c(C)cccc2C)cc1. The summed E-state index contributed by atoms with van der Waals surface area (Å²) in [4.78, 5) is 26.8. The number of carbonyl (C=O) groups is 2. The fraction of sp³-hybridized carbons (Fsp3) is 0.261. The zero-order chi connectivity index (χ0) is 20.5. The number of aromatic nitrogens is 2. The van der Waals surface area contributed by atoms with Crippen molar-refractivity contribution >= 4 is 23.3 Å². The molecule has 6 nitrogen and oxygen atoms in total. The first-order valence-electron chi connectivity index (χ1n) is 9.73. The highest BCUT2D eigenvalue weighted by Gasteiger charge is 2.25. The number of carbonyl (C=O) groups excluding carboxylic acids is 2. The van der Waals surface area contributed by atoms with Gasteiger partial charge in [0.15, 0.2) is 0 Å². The van der Waals surface area contributed by atoms with Crippen molar-refractivity contribution in [2.75, 3.05) is 10.2 Å². The Balaban J connectivity index is 1.50. The van der Waals surface area contributed by atoms with Crippen LogP contribution in [0.4, 0.5) is 11.5 Å². The molecule has 0 saturated carbocycles. The number of anilines is 2. The van der Waals surface area contributed by atoms with E-state index in [2.05, 4.69) is 10.4 Å². The van der Waals surface area contributed by atoms with Gasteiger partial charge in [-0.1, -0.05) is 30.3 Å². The molecular weight excluding hydrogens is 364 g/mol. The van der Waals surface area contributed by atoms with Crippen LogP contribution in [0.15, 0.2) is 48.5 Å². The van der Waals surface area contributed by atoms with Gasteiger partial charge >= 0.3 is 0 Å². The Morgan fingerprint density at radius 3 is 2.45 bits per heavy atom. The van der Waals surface area contributed by atoms with Gasteiger partial charge < -0.3 is 5.32 Å². The fourth-order valence-corrected chi connectivity index (χ4v) is 3.69. The van der Waals surface area contributed by atoms with Crippen LogP contribution in [-0.2, 0) is 17.9 Å². The van der Waals surface area contributed by atoms with E-state index < -0.39 is 0 Å². The van der Waals surface area contributed by atoms with E-state index >= 15 is 0 Å². The molecule has 0 radical (unpaired) electrons. The lowest BCUT2D eigenvalue weighted by atomic mass is 10.1. The van der Waals surface area contributed by atoms with Crippen molar-refractivity contribution in [2.45, 2.75) is 40.3 Å². The first-order chi connectivity index (χ1) is 13.9. The second-order valence-corrected chi connectivity index (χ2v) is 7.51. The lowest BCUT2D eigenvalue weighted by molar-refractivity contribution is -0.119. The molecule has 6 heteroatoms. The lowest BCUT2D eigenvalue weighted by Crippen LogP contribution is -2.36. The van der Waals surface area contributed by atoms with Gasteiger partial charge in [0.25, 0.3) is 5.91 Å². The fourth-order valence-electron chi connectivity index (χ4n) is 3.69. The quantitative estimate of drug-likeness (QED) is 0.735. The summed E-state index contributed by atoms with van der Waals surface area (Å²) in [6, 6.07) is 15.3. The molecule has 2 amide bonds. The van der Waals surface area contributed by atoms with Gasteiger partial charge in [-0.2, -0.15) is 5.10 Å². The van der Waals surface area contributed by atoms with Crippen LogP contribution >= 0.6 is 0 Å². The minimum absolute atomic E-state index is 0.0919. The number of hydrogen-bond acceptors (Lipinski definition) is 3. The van der Waals surface area contributed by atoms with E-state index in [1.165, 1.54) is 0 Å². The Labute approximate surface area is 170 Å². The smallest absolute Gasteiger partial charge is 0.255 e. The summed E-state index contributed by atoms with van der Waals surface area (Å²) in [5.74, 6) is 0.779. The van der Waals surface area contributed by atoms with E-state index in [1.54, 1.807) is 17.0 Å². The van der Waals surface area contributed by atoms with Crippen LogP contribution in [0.3, 0.4) is 0 Å². The number of hydrogen-bond donors (Lipinski definition) is 1. The van der Waals surface area contributed by atoms with Crippen molar-refractivity contribution in [1.82, 2.24) is 9.78 Å². The topological polar surface area (TPSA) is 67.2 Å². The molecule has 1 N–H and O–H groups in total. The number of amides is 2. The summed E-state index contributed by atoms with van der Waals surface area (Å²) in [6.07, 6.45) is 0.449. The predicted octanol–water partition coefficient (Wildman–Crippen LogP) is 4.00. The van der Waals surface area contributed by atoms with Crippen LogP contribution in [0.1, 0.15) is 39.2 Å². The van der Waals surface area contributed by atoms with E-state index in [0.717, 1.165) is 33.9 Å². The van der Waals surface area contributed by atoms with Gasteiger partial charge in [0.1, 0.15) is 5.82 Å². The lowest BCUT2D eigenvalue weighted by Gasteiger charge is -2.27. The number of benzene rings is 2. The van der Waals surface area contributed by atoms with Crippen LogP contribution in [0.25, 0.3) is 0 Å². The number of nitrogens with zero attached hydrogens (tertiary/aromatic N) is 3. The Morgan fingerprint density at radius 2 is 1.76 bits per heavy atom. The van der Waals surface area contributed by atoms with E-state index in [9.17, 15) is 9.59 Å². The molecule has 1 aliphatic heterocycles. The third kappa shape index (κ3) is 3.78. The maximum atomic E-state index is 12.7. The van der Waals surface area contributed by atoms with Gasteiger partial charge in [0, 0.05) is 23.7 Å². The van der Waals surface area contributed by atoms with Crippen LogP contribution < -0.4 is 10.2 Å². The van der Waals surface area contributed by atoms with Gasteiger partial charge in [-0.05, 0) is 49.6 Å². The highest BCUT2D eigenvalue weighted by Crippen LogP contribution is 2.25. The standard InChI is InChI=1S/C23H24N4O2/c1-15-5-4-6-16(2)22(15)24-23(29)19-9-7-18(8-10-19)14-26-20-13-17(3)25-27(20)12-11-21(26)28/h4-10,13H,11-12,14H2,1-3H3,(H,24,29). The summed E-state index contributed by atoms with van der Waals surface area (Å²) in [7, 11) is 0. The molecule has 0 bridgehead atoms. The average molecular weight is 388 g/mol. The van der Waals surface area contributed by atoms with Crippen molar-refractivity contribution in [2.24, 2.45) is 0 Å². The summed E-state index contributed by atoms with van der Waals surface area (Å²) in [5.41, 5.74) is 5.37. The van der Waals surface area contributed by atoms with E-state index in [1.807, 2.05) is 61.9 Å². The number of fused-ring (bicyclic) bond motifs is 1. The van der Waals surface area contributed by atoms with Gasteiger partial charge in [-0.3, -0.25) is 14.5 Å². The molecule has 0 fully saturated rings. The molecule has 2 aromatic carbocycles. The van der Waals surface area contributed by atoms with Gasteiger partial charge in [0.05, 0.1) is 18.8 Å². The molecule has 0 saturated heterocycles. The zero-order valence-corrected chi connectivity index (χ0v) is 16.9. The van der Waals surface area contributed by atoms with Crippen LogP contribution in [0.2, 0.25) is 0 Å². The zero-order valence-electron chi connectivity index (χ0n) is 16.9. The van der Waals surface area contributed by atoms with Crippen molar-refractivity contribution < 1.29 is 9.59 Å². The molecule has 1 aliphatic rings. The maximum Gasteiger partial charge on any atom is 0.255 e. The number of nitrogens with one attached hydrogen (secondary N) is 1. The second kappa shape index (κ2) is 7.54. The normalized spacial score (nSPS) is 13.3. The van der Waals surface area contributed by atoms with E-state index in [4.69, 9.17) is 0 Å². The second-order valence-electron chi connectivity index (χ2n) is 7.51. The molecule has 1 aromatic heterocycles. The van der Waals surface area contributed by atoms with Crippen molar-refractivity contribution in [3.05, 3.63) is 76.5 Å². The molecule has 0 spiro atoms. The first-order valence-corrected chi connectivity index (χ1v) is 9.73. The summed E-state index contributed by atoms with van der Waals surface area (Å²) in [5, 5.41) is 7.44. The summed E-state index contributed by atoms with van der Waals surface area (Å²) in [6.45, 7) is 6.97. The molecular formula is C23H24N4O2. The third-order valence-electron chi connectivity index (χ3n) is 5.27. The molecule has 2 heterocycles. The molecule has 3 aromatic rings. The third-order valence-corrected chi connectivity index (χ3v) is 5.27. The van der Waals surface area contributed by atoms with Crippen molar-refractivity contribution in [3.63, 3.8) is 0 Å². The highest BCUT2D eigenvalue weighted by molar-refractivity contribution is 6.05. The van der Waals surface area contributed by atoms with Gasteiger partial charge in [0.2, 0.25) is 5.91 Å². The first kappa shape index (κ1) is 18.9. The molecule has 29 heavy (non-hydrogen) atoms. The molecule has 0 aliphatic carbocycles. The van der Waals surface area contributed by atoms with Crippen molar-refractivity contribution in [1.29, 1.82) is 0 Å². The van der Waals surface area contributed by atoms with Gasteiger partial charge in [-0.15, -0.1) is 0 Å². The summed E-state index contributed by atoms with van der Waals surface area (Å²) < 4.78 is 1.88. The number of aryl methyl sites for hydroxylation is 4. The van der Waals surface area contributed by atoms with E-state index in [0.29, 0.717) is 25.1 Å². The highest BCUT2D eigenvalue weighted by atomic mass is 16.2. The largest absolute Gasteiger partial charge is 0.322 e. The Bertz CT molecular complexity index is 1060. The predicted molar refractivity (Wildman–Crippen MR) is 113 cm³/mol. The van der Waals surface area contributed by atoms with Crippen LogP contribution in [0.5, 0.6) is 0 Å². The Kier molecular flexibility index (Phi) is 4.92. The maximum absolute atomic E-state index is 12.7. The molecule has 0 atom stereocenters. The average Bonchev–Trinajstić information content (AvgIpc) is 3.08. The minimum Gasteiger partial charge on any atom is -0.322 e. The monoisotopic (exact) mass is 388 g/mol. The minimum atomic E-state index is -0.142. The number of rotatable bonds is 4. The summed E-state index contributed by atoms with van der Waals surface area (Å²) >= 11 is 0. The van der Waals surface area contributed by atoms with E-state index in [-0.39, 0.29) is 11.8 Å². The van der Waals surface area contributed by atoms with Crippen LogP contribution in [-0.4, -0.2) is 21.6 Å². The Hall–Kier alpha value is -3.41. The van der Waals surface area contributed by atoms with Crippen molar-refractivity contribution in [3.8, 4) is 0 Å². The van der Waals surface area contributed by atoms with Gasteiger partial charge in [-0.25, -0.2) is 4.68 Å². The van der Waals surface area contributed by atoms with Crippen LogP contribution in [0, 0.1) is 20.8 Å². The Morgan fingerprint density at radius 1 is 1.07 bits per heavy atom. The molecule has 0 unspecified atom stereocenters. The molecule has 4 rings (SSSR count). The number of para-hydroxylation sites is 1. The molecule has 148 valence electrons.